The quantitative estimate of drug-likeness (QED) is 0.895. The zero-order chi connectivity index (χ0) is 14.8. The predicted molar refractivity (Wildman–Crippen MR) is 74.5 cm³/mol. The largest absolute Gasteiger partial charge is 0.497 e. The zero-order valence-electron chi connectivity index (χ0n) is 12.0. The topological polar surface area (TPSA) is 50.8 Å². The smallest absolute Gasteiger partial charge is 0.227 e. The fourth-order valence-corrected chi connectivity index (χ4v) is 2.89. The molecule has 2 heterocycles. The summed E-state index contributed by atoms with van der Waals surface area (Å²) in [6.45, 7) is 2.65. The maximum atomic E-state index is 13.9. The van der Waals surface area contributed by atoms with Crippen LogP contribution in [0.15, 0.2) is 18.2 Å². The van der Waals surface area contributed by atoms with Crippen LogP contribution in [-0.4, -0.2) is 50.3 Å². The number of ether oxygens (including phenoxy) is 2. The summed E-state index contributed by atoms with van der Waals surface area (Å²) in [6, 6.07) is 4.70. The Kier molecular flexibility index (Phi) is 4.07. The fourth-order valence-electron chi connectivity index (χ4n) is 2.89. The number of carbonyl (C=O) groups excluding carboxylic acids is 1. The van der Waals surface area contributed by atoms with Crippen molar-refractivity contribution in [1.82, 2.24) is 10.2 Å². The number of methoxy groups -OCH3 is 1. The first-order valence-electron chi connectivity index (χ1n) is 7.08. The van der Waals surface area contributed by atoms with E-state index in [0.29, 0.717) is 44.2 Å². The van der Waals surface area contributed by atoms with Crippen LogP contribution in [0.4, 0.5) is 4.39 Å². The Labute approximate surface area is 123 Å². The number of nitrogens with zero attached hydrogens (tertiary/aromatic N) is 1. The van der Waals surface area contributed by atoms with E-state index < -0.39 is 0 Å². The number of nitrogens with one attached hydrogen (secondary N) is 1. The van der Waals surface area contributed by atoms with E-state index >= 15 is 0 Å². The average molecular weight is 294 g/mol. The maximum Gasteiger partial charge on any atom is 0.227 e. The molecule has 2 bridgehead atoms. The maximum absolute atomic E-state index is 13.9. The molecule has 2 fully saturated rings. The number of halogens is 1. The summed E-state index contributed by atoms with van der Waals surface area (Å²) >= 11 is 0. The van der Waals surface area contributed by atoms with Gasteiger partial charge in [0.25, 0.3) is 0 Å². The van der Waals surface area contributed by atoms with Crippen molar-refractivity contribution in [2.45, 2.75) is 12.6 Å². The summed E-state index contributed by atoms with van der Waals surface area (Å²) in [7, 11) is 1.56. The monoisotopic (exact) mass is 294 g/mol. The number of benzene rings is 1. The molecule has 0 spiro atoms. The highest BCUT2D eigenvalue weighted by Gasteiger charge is 2.33. The molecule has 2 saturated heterocycles. The van der Waals surface area contributed by atoms with Crippen LogP contribution in [0, 0.1) is 11.7 Å². The highest BCUT2D eigenvalue weighted by Crippen LogP contribution is 2.21. The molecule has 2 atom stereocenters. The number of hydrogen-bond donors (Lipinski definition) is 1. The van der Waals surface area contributed by atoms with Crippen molar-refractivity contribution in [1.29, 1.82) is 0 Å². The van der Waals surface area contributed by atoms with Gasteiger partial charge in [0.15, 0.2) is 0 Å². The lowest BCUT2D eigenvalue weighted by Gasteiger charge is -2.27. The number of carbonyl (C=O) groups is 1. The number of amides is 1. The van der Waals surface area contributed by atoms with Gasteiger partial charge in [-0.1, -0.05) is 0 Å². The number of hydrogen-bond acceptors (Lipinski definition) is 4. The van der Waals surface area contributed by atoms with Gasteiger partial charge in [0.05, 0.1) is 32.3 Å². The van der Waals surface area contributed by atoms with E-state index in [2.05, 4.69) is 10.2 Å². The summed E-state index contributed by atoms with van der Waals surface area (Å²) in [5.74, 6) is 0.233. The van der Waals surface area contributed by atoms with Crippen molar-refractivity contribution in [3.63, 3.8) is 0 Å². The second kappa shape index (κ2) is 5.99. The first-order valence-corrected chi connectivity index (χ1v) is 7.08. The molecule has 2 aliphatic rings. The molecule has 0 aliphatic carbocycles. The number of fused-ring (bicyclic) bond motifs is 3. The highest BCUT2D eigenvalue weighted by atomic mass is 19.1. The van der Waals surface area contributed by atoms with Crippen molar-refractivity contribution in [3.05, 3.63) is 29.6 Å². The zero-order valence-corrected chi connectivity index (χ0v) is 12.0. The van der Waals surface area contributed by atoms with Gasteiger partial charge in [-0.2, -0.15) is 0 Å². The first kappa shape index (κ1) is 14.3. The third kappa shape index (κ3) is 3.16. The first-order chi connectivity index (χ1) is 10.2. The Hall–Kier alpha value is -1.66. The second-order valence-electron chi connectivity index (χ2n) is 5.59. The SMILES string of the molecule is COc1ccc(F)c(CN2C[C@H]3COC[C@@H](C2)C(=O)N3)c1. The predicted octanol–water partition coefficient (Wildman–Crippen LogP) is 0.781. The van der Waals surface area contributed by atoms with E-state index in [-0.39, 0.29) is 23.7 Å². The molecule has 114 valence electrons. The molecule has 3 rings (SSSR count). The van der Waals surface area contributed by atoms with E-state index in [0.717, 1.165) is 0 Å². The van der Waals surface area contributed by atoms with Crippen LogP contribution in [0.25, 0.3) is 0 Å². The summed E-state index contributed by atoms with van der Waals surface area (Å²) in [4.78, 5) is 14.1. The van der Waals surface area contributed by atoms with Crippen molar-refractivity contribution < 1.29 is 18.7 Å². The van der Waals surface area contributed by atoms with Crippen LogP contribution in [-0.2, 0) is 16.1 Å². The van der Waals surface area contributed by atoms with E-state index in [1.54, 1.807) is 19.2 Å². The molecule has 0 aromatic heterocycles. The fraction of sp³-hybridized carbons (Fsp3) is 0.533. The Morgan fingerprint density at radius 1 is 1.43 bits per heavy atom. The van der Waals surface area contributed by atoms with E-state index in [1.165, 1.54) is 6.07 Å². The Morgan fingerprint density at radius 3 is 3.10 bits per heavy atom. The molecule has 1 amide bonds. The van der Waals surface area contributed by atoms with Gasteiger partial charge >= 0.3 is 0 Å². The van der Waals surface area contributed by atoms with E-state index in [9.17, 15) is 9.18 Å². The van der Waals surface area contributed by atoms with Gasteiger partial charge in [-0.25, -0.2) is 4.39 Å². The third-order valence-corrected chi connectivity index (χ3v) is 3.96. The molecule has 1 aromatic rings. The van der Waals surface area contributed by atoms with Crippen molar-refractivity contribution >= 4 is 5.91 Å². The van der Waals surface area contributed by atoms with Crippen molar-refractivity contribution in [3.8, 4) is 5.75 Å². The van der Waals surface area contributed by atoms with Gasteiger partial charge in [-0.3, -0.25) is 9.69 Å². The van der Waals surface area contributed by atoms with Gasteiger partial charge < -0.3 is 14.8 Å². The van der Waals surface area contributed by atoms with Gasteiger partial charge in [-0.05, 0) is 18.2 Å². The Bertz CT molecular complexity index is 538. The number of rotatable bonds is 3. The van der Waals surface area contributed by atoms with E-state index in [1.807, 2.05) is 0 Å². The lowest BCUT2D eigenvalue weighted by Crippen LogP contribution is -2.41. The lowest BCUT2D eigenvalue weighted by atomic mass is 10.1. The average Bonchev–Trinajstić information content (AvgIpc) is 2.70. The van der Waals surface area contributed by atoms with Gasteiger partial charge in [-0.15, -0.1) is 0 Å². The highest BCUT2D eigenvalue weighted by molar-refractivity contribution is 5.79. The molecule has 1 N–H and O–H groups in total. The van der Waals surface area contributed by atoms with Crippen LogP contribution in [0.3, 0.4) is 0 Å². The minimum Gasteiger partial charge on any atom is -0.497 e. The van der Waals surface area contributed by atoms with Crippen LogP contribution in [0.5, 0.6) is 5.75 Å². The molecule has 0 unspecified atom stereocenters. The molecule has 5 nitrogen and oxygen atoms in total. The molecule has 6 heteroatoms. The Morgan fingerprint density at radius 2 is 2.29 bits per heavy atom. The molecule has 21 heavy (non-hydrogen) atoms. The summed E-state index contributed by atoms with van der Waals surface area (Å²) in [5.41, 5.74) is 0.586. The van der Waals surface area contributed by atoms with Gasteiger partial charge in [0, 0.05) is 25.2 Å². The molecular formula is C15H19FN2O3. The van der Waals surface area contributed by atoms with Crippen molar-refractivity contribution in [2.24, 2.45) is 5.92 Å². The molecular weight excluding hydrogens is 275 g/mol. The third-order valence-electron chi connectivity index (χ3n) is 3.96. The molecule has 0 saturated carbocycles. The van der Waals surface area contributed by atoms with Crippen LogP contribution >= 0.6 is 0 Å². The van der Waals surface area contributed by atoms with Gasteiger partial charge in [0.2, 0.25) is 5.91 Å². The summed E-state index contributed by atoms with van der Waals surface area (Å²) in [5, 5.41) is 2.97. The minimum absolute atomic E-state index is 0.0290. The minimum atomic E-state index is -0.249. The summed E-state index contributed by atoms with van der Waals surface area (Å²) in [6.07, 6.45) is 0. The normalized spacial score (nSPS) is 26.1. The Balaban J connectivity index is 1.77. The standard InChI is InChI=1S/C15H19FN2O3/c1-20-13-2-3-14(16)10(4-13)5-18-6-11-8-21-9-12(7-18)17-15(11)19/h2-4,11-12H,5-9H2,1H3,(H,17,19)/t11-,12+/m1/s1. The second-order valence-corrected chi connectivity index (χ2v) is 5.59. The lowest BCUT2D eigenvalue weighted by molar-refractivity contribution is -0.125. The summed E-state index contributed by atoms with van der Waals surface area (Å²) < 4.78 is 24.6. The van der Waals surface area contributed by atoms with Gasteiger partial charge in [0.1, 0.15) is 11.6 Å². The van der Waals surface area contributed by atoms with Crippen molar-refractivity contribution in [2.75, 3.05) is 33.4 Å². The molecule has 1 aromatic carbocycles. The molecule has 2 aliphatic heterocycles. The van der Waals surface area contributed by atoms with Crippen LogP contribution < -0.4 is 10.1 Å². The van der Waals surface area contributed by atoms with Crippen LogP contribution in [0.1, 0.15) is 5.56 Å². The molecule has 0 radical (unpaired) electrons. The van der Waals surface area contributed by atoms with E-state index in [4.69, 9.17) is 9.47 Å². The van der Waals surface area contributed by atoms with Crippen LogP contribution in [0.2, 0.25) is 0 Å².